The third-order valence-corrected chi connectivity index (χ3v) is 4.81. The molecule has 0 heterocycles. The van der Waals surface area contributed by atoms with E-state index in [2.05, 4.69) is 13.0 Å². The molecule has 0 N–H and O–H groups in total. The molecule has 1 atom stereocenters. The zero-order valence-electron chi connectivity index (χ0n) is 12.3. The second kappa shape index (κ2) is 7.32. The normalized spacial score (nSPS) is 12.1. The van der Waals surface area contributed by atoms with Crippen LogP contribution < -0.4 is 5.11 Å². The zero-order chi connectivity index (χ0) is 15.2. The number of rotatable bonds is 6. The van der Waals surface area contributed by atoms with Crippen LogP contribution in [0.15, 0.2) is 48.5 Å². The molecule has 2 aromatic carbocycles. The van der Waals surface area contributed by atoms with E-state index < -0.39 is 11.2 Å². The molecule has 0 unspecified atom stereocenters. The molecule has 2 aromatic rings. The molecular formula is C18H19O2S-. The second-order valence-corrected chi connectivity index (χ2v) is 6.42. The number of hydrogen-bond donors (Lipinski definition) is 0. The van der Waals surface area contributed by atoms with Crippen LogP contribution in [0.3, 0.4) is 0 Å². The van der Waals surface area contributed by atoms with Gasteiger partial charge in [-0.15, -0.1) is 11.8 Å². The van der Waals surface area contributed by atoms with E-state index in [1.54, 1.807) is 0 Å². The van der Waals surface area contributed by atoms with E-state index in [1.165, 1.54) is 22.9 Å². The largest absolute Gasteiger partial charge is 0.549 e. The molecule has 0 spiro atoms. The highest BCUT2D eigenvalue weighted by Gasteiger charge is 2.12. The van der Waals surface area contributed by atoms with E-state index in [4.69, 9.17) is 0 Å². The second-order valence-electron chi connectivity index (χ2n) is 5.23. The first-order valence-electron chi connectivity index (χ1n) is 6.99. The Morgan fingerprint density at radius 3 is 2.38 bits per heavy atom. The highest BCUT2D eigenvalue weighted by Crippen LogP contribution is 2.22. The van der Waals surface area contributed by atoms with Gasteiger partial charge >= 0.3 is 0 Å². The van der Waals surface area contributed by atoms with Crippen molar-refractivity contribution in [3.8, 4) is 0 Å². The van der Waals surface area contributed by atoms with Crippen LogP contribution >= 0.6 is 11.8 Å². The van der Waals surface area contributed by atoms with Gasteiger partial charge < -0.3 is 9.90 Å². The molecule has 21 heavy (non-hydrogen) atoms. The third kappa shape index (κ3) is 4.64. The lowest BCUT2D eigenvalue weighted by Crippen LogP contribution is -2.35. The molecule has 0 radical (unpaired) electrons. The number of carbonyl (C=O) groups excluding carboxylic acids is 1. The van der Waals surface area contributed by atoms with E-state index in [1.807, 2.05) is 49.4 Å². The molecule has 0 aromatic heterocycles. The number of aryl methyl sites for hydroxylation is 2. The Balaban J connectivity index is 2.02. The SMILES string of the molecule is Cc1ccc(C[C@@H](SCc2ccccc2)C(=O)[O-])cc1C. The number of thioether (sulfide) groups is 1. The van der Waals surface area contributed by atoms with Crippen molar-refractivity contribution >= 4 is 17.7 Å². The van der Waals surface area contributed by atoms with E-state index in [-0.39, 0.29) is 0 Å². The Morgan fingerprint density at radius 1 is 1.05 bits per heavy atom. The van der Waals surface area contributed by atoms with Gasteiger partial charge in [0, 0.05) is 11.0 Å². The Kier molecular flexibility index (Phi) is 5.45. The fourth-order valence-electron chi connectivity index (χ4n) is 2.13. The van der Waals surface area contributed by atoms with Crippen LogP contribution in [0.4, 0.5) is 0 Å². The maximum absolute atomic E-state index is 11.3. The lowest BCUT2D eigenvalue weighted by Gasteiger charge is -2.18. The smallest absolute Gasteiger partial charge is 0.0548 e. The third-order valence-electron chi connectivity index (χ3n) is 3.55. The van der Waals surface area contributed by atoms with Crippen LogP contribution in [0.25, 0.3) is 0 Å². The zero-order valence-corrected chi connectivity index (χ0v) is 13.2. The van der Waals surface area contributed by atoms with Gasteiger partial charge in [-0.3, -0.25) is 0 Å². The van der Waals surface area contributed by atoms with Gasteiger partial charge in [-0.25, -0.2) is 0 Å². The quantitative estimate of drug-likeness (QED) is 0.823. The summed E-state index contributed by atoms with van der Waals surface area (Å²) in [5.41, 5.74) is 4.60. The molecule has 0 fully saturated rings. The molecule has 2 nitrogen and oxygen atoms in total. The molecule has 0 bridgehead atoms. The first-order chi connectivity index (χ1) is 10.1. The predicted octanol–water partition coefficient (Wildman–Crippen LogP) is 2.90. The Hall–Kier alpha value is -1.74. The van der Waals surface area contributed by atoms with Gasteiger partial charge in [-0.2, -0.15) is 0 Å². The standard InChI is InChI=1S/C18H20O2S/c1-13-8-9-16(10-14(13)2)11-17(18(19)20)21-12-15-6-4-3-5-7-15/h3-10,17H,11-12H2,1-2H3,(H,19,20)/p-1/t17-/m1/s1. The number of carboxylic acid groups (broad SMARTS) is 1. The first-order valence-corrected chi connectivity index (χ1v) is 8.03. The van der Waals surface area contributed by atoms with Crippen molar-refractivity contribution in [3.63, 3.8) is 0 Å². The highest BCUT2D eigenvalue weighted by atomic mass is 32.2. The van der Waals surface area contributed by atoms with Crippen LogP contribution in [0.1, 0.15) is 22.3 Å². The maximum Gasteiger partial charge on any atom is 0.0548 e. The molecule has 0 amide bonds. The molecule has 2 rings (SSSR count). The molecule has 3 heteroatoms. The van der Waals surface area contributed by atoms with Crippen molar-refractivity contribution in [3.05, 3.63) is 70.8 Å². The van der Waals surface area contributed by atoms with E-state index in [0.29, 0.717) is 12.2 Å². The van der Waals surface area contributed by atoms with Crippen molar-refractivity contribution in [2.45, 2.75) is 31.3 Å². The first kappa shape index (κ1) is 15.6. The van der Waals surface area contributed by atoms with Crippen LogP contribution in [0, 0.1) is 13.8 Å². The molecular weight excluding hydrogens is 280 g/mol. The average Bonchev–Trinajstić information content (AvgIpc) is 2.48. The number of carboxylic acids is 1. The lowest BCUT2D eigenvalue weighted by molar-refractivity contribution is -0.304. The maximum atomic E-state index is 11.3. The van der Waals surface area contributed by atoms with Gasteiger partial charge in [-0.05, 0) is 42.5 Å². The Labute approximate surface area is 130 Å². The number of aliphatic carboxylic acids is 1. The van der Waals surface area contributed by atoms with Crippen LogP contribution in [-0.4, -0.2) is 11.2 Å². The average molecular weight is 299 g/mol. The van der Waals surface area contributed by atoms with Gasteiger partial charge in [0.15, 0.2) is 0 Å². The minimum absolute atomic E-state index is 0.501. The summed E-state index contributed by atoms with van der Waals surface area (Å²) in [5, 5.41) is 10.8. The van der Waals surface area contributed by atoms with Gasteiger partial charge in [0.2, 0.25) is 0 Å². The lowest BCUT2D eigenvalue weighted by atomic mass is 10.0. The summed E-state index contributed by atoms with van der Waals surface area (Å²) >= 11 is 1.43. The van der Waals surface area contributed by atoms with Gasteiger partial charge in [0.25, 0.3) is 0 Å². The van der Waals surface area contributed by atoms with Gasteiger partial charge in [0.1, 0.15) is 0 Å². The van der Waals surface area contributed by atoms with E-state index >= 15 is 0 Å². The summed E-state index contributed by atoms with van der Waals surface area (Å²) in [6.07, 6.45) is 0.501. The van der Waals surface area contributed by atoms with Crippen molar-refractivity contribution in [1.82, 2.24) is 0 Å². The highest BCUT2D eigenvalue weighted by molar-refractivity contribution is 7.99. The van der Waals surface area contributed by atoms with Crippen LogP contribution in [0.2, 0.25) is 0 Å². The molecule has 0 saturated heterocycles. The number of benzene rings is 2. The molecule has 0 saturated carbocycles. The predicted molar refractivity (Wildman–Crippen MR) is 86.2 cm³/mol. The fourth-order valence-corrected chi connectivity index (χ4v) is 3.16. The molecule has 0 aliphatic heterocycles. The topological polar surface area (TPSA) is 40.1 Å². The Bertz CT molecular complexity index is 608. The number of carbonyl (C=O) groups is 1. The van der Waals surface area contributed by atoms with E-state index in [9.17, 15) is 9.90 Å². The van der Waals surface area contributed by atoms with E-state index in [0.717, 1.165) is 11.1 Å². The van der Waals surface area contributed by atoms with Gasteiger partial charge in [-0.1, -0.05) is 48.5 Å². The minimum atomic E-state index is -0.992. The van der Waals surface area contributed by atoms with Gasteiger partial charge in [0.05, 0.1) is 5.97 Å². The van der Waals surface area contributed by atoms with Crippen molar-refractivity contribution in [1.29, 1.82) is 0 Å². The summed E-state index contributed by atoms with van der Waals surface area (Å²) < 4.78 is 0. The molecule has 0 aliphatic carbocycles. The van der Waals surface area contributed by atoms with Crippen molar-refractivity contribution < 1.29 is 9.90 Å². The van der Waals surface area contributed by atoms with Crippen LogP contribution in [0.5, 0.6) is 0 Å². The number of hydrogen-bond acceptors (Lipinski definition) is 3. The Morgan fingerprint density at radius 2 is 1.76 bits per heavy atom. The summed E-state index contributed by atoms with van der Waals surface area (Å²) in [6, 6.07) is 16.0. The summed E-state index contributed by atoms with van der Waals surface area (Å²) in [5.74, 6) is -0.307. The summed E-state index contributed by atoms with van der Waals surface area (Å²) in [7, 11) is 0. The fraction of sp³-hybridized carbons (Fsp3) is 0.278. The minimum Gasteiger partial charge on any atom is -0.549 e. The summed E-state index contributed by atoms with van der Waals surface area (Å²) in [4.78, 5) is 11.3. The monoisotopic (exact) mass is 299 g/mol. The molecule has 110 valence electrons. The van der Waals surface area contributed by atoms with Crippen molar-refractivity contribution in [2.24, 2.45) is 0 Å². The van der Waals surface area contributed by atoms with Crippen molar-refractivity contribution in [2.75, 3.05) is 0 Å². The summed E-state index contributed by atoms with van der Waals surface area (Å²) in [6.45, 7) is 4.10. The molecule has 0 aliphatic rings. The van der Waals surface area contributed by atoms with Crippen LogP contribution in [-0.2, 0) is 17.0 Å².